The van der Waals surface area contributed by atoms with E-state index in [-0.39, 0.29) is 36.4 Å². The molecular weight excluding hydrogens is 378 g/mol. The summed E-state index contributed by atoms with van der Waals surface area (Å²) in [5, 5.41) is 2.66. The molecule has 3 aliphatic rings. The van der Waals surface area contributed by atoms with Crippen molar-refractivity contribution in [1.29, 1.82) is 0 Å². The van der Waals surface area contributed by atoms with Gasteiger partial charge in [0, 0.05) is 16.1 Å². The van der Waals surface area contributed by atoms with Crippen LogP contribution in [-0.4, -0.2) is 30.6 Å². The number of carbonyl (C=O) groups is 3. The number of fused-ring (bicyclic) bond motifs is 1. The van der Waals surface area contributed by atoms with Gasteiger partial charge in [-0.3, -0.25) is 14.4 Å². The van der Waals surface area contributed by atoms with Gasteiger partial charge in [0.25, 0.3) is 5.91 Å². The fraction of sp³-hybridized carbons (Fsp3) is 0.471. The summed E-state index contributed by atoms with van der Waals surface area (Å²) in [6, 6.07) is 7.10. The Bertz CT molecular complexity index is 701. The predicted octanol–water partition coefficient (Wildman–Crippen LogP) is 2.13. The number of esters is 2. The van der Waals surface area contributed by atoms with E-state index in [1.807, 2.05) is 0 Å². The number of carbonyl (C=O) groups excluding carboxylic acids is 3. The summed E-state index contributed by atoms with van der Waals surface area (Å²) in [4.78, 5) is 36.2. The molecular formula is C17H16BrNO5. The smallest absolute Gasteiger partial charge is 0.310 e. The Morgan fingerprint density at radius 1 is 1.25 bits per heavy atom. The van der Waals surface area contributed by atoms with Crippen LogP contribution in [0.15, 0.2) is 28.7 Å². The van der Waals surface area contributed by atoms with E-state index in [1.165, 1.54) is 0 Å². The second kappa shape index (κ2) is 5.88. The Labute approximate surface area is 147 Å². The molecule has 24 heavy (non-hydrogen) atoms. The molecule has 1 N–H and O–H groups in total. The van der Waals surface area contributed by atoms with Gasteiger partial charge in [-0.1, -0.05) is 15.9 Å². The van der Waals surface area contributed by atoms with Crippen LogP contribution < -0.4 is 5.32 Å². The van der Waals surface area contributed by atoms with Gasteiger partial charge in [0.05, 0.1) is 11.8 Å². The van der Waals surface area contributed by atoms with E-state index in [4.69, 9.17) is 9.47 Å². The zero-order valence-corrected chi connectivity index (χ0v) is 14.3. The fourth-order valence-electron chi connectivity index (χ4n) is 4.29. The highest BCUT2D eigenvalue weighted by molar-refractivity contribution is 9.10. The van der Waals surface area contributed by atoms with Crippen LogP contribution in [0.1, 0.15) is 12.8 Å². The molecule has 2 bridgehead atoms. The molecule has 1 heterocycles. The van der Waals surface area contributed by atoms with E-state index in [0.717, 1.165) is 17.3 Å². The van der Waals surface area contributed by atoms with Gasteiger partial charge >= 0.3 is 11.9 Å². The van der Waals surface area contributed by atoms with Crippen molar-refractivity contribution in [1.82, 2.24) is 0 Å². The summed E-state index contributed by atoms with van der Waals surface area (Å²) in [5.41, 5.74) is 0.626. The molecule has 0 spiro atoms. The first-order valence-electron chi connectivity index (χ1n) is 7.95. The van der Waals surface area contributed by atoms with Gasteiger partial charge < -0.3 is 14.8 Å². The van der Waals surface area contributed by atoms with E-state index in [9.17, 15) is 14.4 Å². The summed E-state index contributed by atoms with van der Waals surface area (Å²) in [7, 11) is 0. The summed E-state index contributed by atoms with van der Waals surface area (Å²) in [6.07, 6.45) is 1.56. The molecule has 1 saturated heterocycles. The van der Waals surface area contributed by atoms with Gasteiger partial charge in [-0.2, -0.15) is 0 Å². The minimum Gasteiger partial charge on any atom is -0.462 e. The number of rotatable bonds is 4. The van der Waals surface area contributed by atoms with E-state index in [0.29, 0.717) is 5.69 Å². The standard InChI is InChI=1S/C17H16BrNO5/c18-9-1-3-10(4-2-9)19-13(20)7-23-16(21)14-8-5-11-12(6-8)24-17(22)15(11)14/h1-4,8,11-12,14-15H,5-7H2,(H,19,20)/t8-,11+,12+,14-,15+/m1/s1. The average Bonchev–Trinajstić information content (AvgIpc) is 3.16. The Hall–Kier alpha value is -1.89. The maximum Gasteiger partial charge on any atom is 0.310 e. The number of benzene rings is 1. The van der Waals surface area contributed by atoms with Crippen LogP contribution >= 0.6 is 15.9 Å². The van der Waals surface area contributed by atoms with Crippen LogP contribution in [-0.2, 0) is 23.9 Å². The van der Waals surface area contributed by atoms with Crippen molar-refractivity contribution in [3.05, 3.63) is 28.7 Å². The lowest BCUT2D eigenvalue weighted by Crippen LogP contribution is -2.34. The van der Waals surface area contributed by atoms with Crippen LogP contribution in [0.3, 0.4) is 0 Å². The second-order valence-electron chi connectivity index (χ2n) is 6.59. The first kappa shape index (κ1) is 15.6. The quantitative estimate of drug-likeness (QED) is 0.792. The monoisotopic (exact) mass is 393 g/mol. The molecule has 4 rings (SSSR count). The van der Waals surface area contributed by atoms with Gasteiger partial charge in [-0.25, -0.2) is 0 Å². The molecule has 0 radical (unpaired) electrons. The fourth-order valence-corrected chi connectivity index (χ4v) is 4.55. The highest BCUT2D eigenvalue weighted by Gasteiger charge is 2.64. The maximum atomic E-state index is 12.4. The molecule has 126 valence electrons. The van der Waals surface area contributed by atoms with Crippen LogP contribution in [0.2, 0.25) is 0 Å². The third-order valence-electron chi connectivity index (χ3n) is 5.23. The molecule has 1 amide bonds. The van der Waals surface area contributed by atoms with Crippen molar-refractivity contribution in [2.75, 3.05) is 11.9 Å². The number of ether oxygens (including phenoxy) is 2. The van der Waals surface area contributed by atoms with Crippen molar-refractivity contribution in [3.8, 4) is 0 Å². The molecule has 1 aliphatic heterocycles. The Kier molecular flexibility index (Phi) is 3.83. The largest absolute Gasteiger partial charge is 0.462 e. The van der Waals surface area contributed by atoms with Crippen LogP contribution in [0, 0.1) is 23.7 Å². The van der Waals surface area contributed by atoms with Crippen LogP contribution in [0.25, 0.3) is 0 Å². The molecule has 1 aromatic carbocycles. The van der Waals surface area contributed by atoms with Gasteiger partial charge in [-0.05, 0) is 43.0 Å². The van der Waals surface area contributed by atoms with Gasteiger partial charge in [-0.15, -0.1) is 0 Å². The molecule has 7 heteroatoms. The number of anilines is 1. The third kappa shape index (κ3) is 2.60. The second-order valence-corrected chi connectivity index (χ2v) is 7.50. The highest BCUT2D eigenvalue weighted by Crippen LogP contribution is 2.57. The predicted molar refractivity (Wildman–Crippen MR) is 86.8 cm³/mol. The van der Waals surface area contributed by atoms with Crippen molar-refractivity contribution >= 4 is 39.5 Å². The average molecular weight is 394 g/mol. The summed E-state index contributed by atoms with van der Waals surface area (Å²) >= 11 is 3.32. The third-order valence-corrected chi connectivity index (χ3v) is 5.76. The summed E-state index contributed by atoms with van der Waals surface area (Å²) < 4.78 is 11.4. The van der Waals surface area contributed by atoms with Crippen molar-refractivity contribution < 1.29 is 23.9 Å². The van der Waals surface area contributed by atoms with Crippen molar-refractivity contribution in [3.63, 3.8) is 0 Å². The molecule has 0 unspecified atom stereocenters. The summed E-state index contributed by atoms with van der Waals surface area (Å²) in [6.45, 7) is -0.353. The Morgan fingerprint density at radius 2 is 2.00 bits per heavy atom. The zero-order valence-electron chi connectivity index (χ0n) is 12.7. The molecule has 1 aromatic rings. The van der Waals surface area contributed by atoms with Crippen LogP contribution in [0.4, 0.5) is 5.69 Å². The molecule has 2 aliphatic carbocycles. The Morgan fingerprint density at radius 3 is 2.75 bits per heavy atom. The number of halogens is 1. The minimum atomic E-state index is -0.462. The van der Waals surface area contributed by atoms with Gasteiger partial charge in [0.2, 0.25) is 0 Å². The summed E-state index contributed by atoms with van der Waals surface area (Å²) in [5.74, 6) is -1.70. The van der Waals surface area contributed by atoms with E-state index in [2.05, 4.69) is 21.2 Å². The number of hydrogen-bond donors (Lipinski definition) is 1. The number of amides is 1. The van der Waals surface area contributed by atoms with Crippen LogP contribution in [0.5, 0.6) is 0 Å². The van der Waals surface area contributed by atoms with Crippen molar-refractivity contribution in [2.24, 2.45) is 23.7 Å². The molecule has 5 atom stereocenters. The number of hydrogen-bond acceptors (Lipinski definition) is 5. The minimum absolute atomic E-state index is 0.0164. The SMILES string of the molecule is O=C(COC(=O)[C@@H]1[C@@H]2C[C@@H]3[C@@H]1C(=O)O[C@H]3C2)Nc1ccc(Br)cc1. The Balaban J connectivity index is 1.33. The number of nitrogens with one attached hydrogen (secondary N) is 1. The first-order valence-corrected chi connectivity index (χ1v) is 8.75. The van der Waals surface area contributed by atoms with Gasteiger partial charge in [0.15, 0.2) is 6.61 Å². The lowest BCUT2D eigenvalue weighted by molar-refractivity contribution is -0.157. The molecule has 2 saturated carbocycles. The van der Waals surface area contributed by atoms with E-state index in [1.54, 1.807) is 24.3 Å². The van der Waals surface area contributed by atoms with Gasteiger partial charge in [0.1, 0.15) is 6.10 Å². The normalized spacial score (nSPS) is 32.5. The topological polar surface area (TPSA) is 81.7 Å². The zero-order chi connectivity index (χ0) is 16.8. The molecule has 0 aromatic heterocycles. The molecule has 3 fully saturated rings. The lowest BCUT2D eigenvalue weighted by Gasteiger charge is -2.22. The highest BCUT2D eigenvalue weighted by atomic mass is 79.9. The maximum absolute atomic E-state index is 12.4. The lowest BCUT2D eigenvalue weighted by atomic mass is 9.80. The van der Waals surface area contributed by atoms with Crippen molar-refractivity contribution in [2.45, 2.75) is 18.9 Å². The van der Waals surface area contributed by atoms with E-state index < -0.39 is 17.8 Å². The first-order chi connectivity index (χ1) is 11.5. The van der Waals surface area contributed by atoms with E-state index >= 15 is 0 Å². The molecule has 6 nitrogen and oxygen atoms in total.